The van der Waals surface area contributed by atoms with Gasteiger partial charge in [-0.15, -0.1) is 0 Å². The lowest BCUT2D eigenvalue weighted by atomic mass is 10.2. The average Bonchev–Trinajstić information content (AvgIpc) is 2.22. The molecule has 0 bridgehead atoms. The van der Waals surface area contributed by atoms with Crippen LogP contribution in [0.1, 0.15) is 13.3 Å². The van der Waals surface area contributed by atoms with Gasteiger partial charge in [0.25, 0.3) is 0 Å². The highest BCUT2D eigenvalue weighted by Crippen LogP contribution is 2.28. The number of benzene rings is 1. The molecular weight excluding hydrogens is 211 g/mol. The lowest BCUT2D eigenvalue weighted by Crippen LogP contribution is -2.17. The van der Waals surface area contributed by atoms with Gasteiger partial charge >= 0.3 is 0 Å². The number of aliphatic hydroxyl groups excluding tert-OH is 1. The Morgan fingerprint density at radius 1 is 1.56 bits per heavy atom. The van der Waals surface area contributed by atoms with Crippen molar-refractivity contribution < 1.29 is 14.2 Å². The maximum Gasteiger partial charge on any atom is 0.148 e. The number of nitrogens with one attached hydrogen (secondary N) is 1. The van der Waals surface area contributed by atoms with Crippen LogP contribution in [0.25, 0.3) is 0 Å². The van der Waals surface area contributed by atoms with Gasteiger partial charge in [0.15, 0.2) is 0 Å². The van der Waals surface area contributed by atoms with Gasteiger partial charge in [0, 0.05) is 24.8 Å². The summed E-state index contributed by atoms with van der Waals surface area (Å²) in [6.07, 6.45) is 0.548. The summed E-state index contributed by atoms with van der Waals surface area (Å²) in [5.41, 5.74) is 6.15. The van der Waals surface area contributed by atoms with Crippen molar-refractivity contribution in [3.05, 3.63) is 17.9 Å². The second kappa shape index (κ2) is 5.55. The van der Waals surface area contributed by atoms with Crippen molar-refractivity contribution in [1.29, 1.82) is 0 Å². The number of hydrogen-bond acceptors (Lipinski definition) is 4. The van der Waals surface area contributed by atoms with Gasteiger partial charge in [-0.2, -0.15) is 0 Å². The first kappa shape index (κ1) is 12.6. The Kier molecular flexibility index (Phi) is 4.37. The summed E-state index contributed by atoms with van der Waals surface area (Å²) in [6.45, 7) is 1.92. The van der Waals surface area contributed by atoms with E-state index in [-0.39, 0.29) is 18.3 Å². The highest BCUT2D eigenvalue weighted by molar-refractivity contribution is 5.62. The number of nitrogen functional groups attached to an aromatic ring is 1. The summed E-state index contributed by atoms with van der Waals surface area (Å²) < 4.78 is 18.5. The summed E-state index contributed by atoms with van der Waals surface area (Å²) >= 11 is 0. The van der Waals surface area contributed by atoms with Crippen molar-refractivity contribution in [3.63, 3.8) is 0 Å². The van der Waals surface area contributed by atoms with E-state index < -0.39 is 5.82 Å². The van der Waals surface area contributed by atoms with E-state index in [1.807, 2.05) is 6.92 Å². The van der Waals surface area contributed by atoms with E-state index in [2.05, 4.69) is 5.32 Å². The molecule has 1 aromatic carbocycles. The molecule has 1 rings (SSSR count). The zero-order valence-corrected chi connectivity index (χ0v) is 9.46. The van der Waals surface area contributed by atoms with Gasteiger partial charge in [0.1, 0.15) is 11.6 Å². The number of anilines is 2. The van der Waals surface area contributed by atoms with Gasteiger partial charge in [0.05, 0.1) is 18.5 Å². The van der Waals surface area contributed by atoms with Gasteiger partial charge < -0.3 is 20.9 Å². The smallest absolute Gasteiger partial charge is 0.148 e. The standard InChI is InChI=1S/C11H17FN2O2/c1-7(3-4-15)14-10-6-11(16-2)9(13)5-8(10)12/h5-7,14-15H,3-4,13H2,1-2H3. The van der Waals surface area contributed by atoms with Crippen molar-refractivity contribution in [2.24, 2.45) is 0 Å². The van der Waals surface area contributed by atoms with Crippen molar-refractivity contribution in [3.8, 4) is 5.75 Å². The molecule has 1 atom stereocenters. The molecule has 16 heavy (non-hydrogen) atoms. The number of nitrogens with two attached hydrogens (primary N) is 1. The Morgan fingerprint density at radius 2 is 2.25 bits per heavy atom. The van der Waals surface area contributed by atoms with E-state index in [0.29, 0.717) is 17.9 Å². The topological polar surface area (TPSA) is 67.5 Å². The van der Waals surface area contributed by atoms with Crippen LogP contribution in [0.15, 0.2) is 12.1 Å². The fourth-order valence-electron chi connectivity index (χ4n) is 1.39. The van der Waals surface area contributed by atoms with Gasteiger partial charge in [-0.3, -0.25) is 0 Å². The molecule has 0 amide bonds. The molecule has 1 aromatic rings. The Labute approximate surface area is 94.2 Å². The largest absolute Gasteiger partial charge is 0.495 e. The number of aliphatic hydroxyl groups is 1. The third kappa shape index (κ3) is 3.00. The molecule has 0 aliphatic rings. The van der Waals surface area contributed by atoms with Crippen LogP contribution in [0.4, 0.5) is 15.8 Å². The molecule has 0 saturated carbocycles. The summed E-state index contributed by atoms with van der Waals surface area (Å²) in [5.74, 6) is 0.00295. The third-order valence-corrected chi connectivity index (χ3v) is 2.28. The molecule has 0 aliphatic heterocycles. The predicted octanol–water partition coefficient (Wildman–Crippen LogP) is 1.60. The number of rotatable bonds is 5. The van der Waals surface area contributed by atoms with Crippen LogP contribution in [0.2, 0.25) is 0 Å². The SMILES string of the molecule is COc1cc(NC(C)CCO)c(F)cc1N. The van der Waals surface area contributed by atoms with Crippen molar-refractivity contribution in [1.82, 2.24) is 0 Å². The molecule has 0 saturated heterocycles. The Bertz CT molecular complexity index is 358. The normalized spacial score (nSPS) is 12.2. The van der Waals surface area contributed by atoms with Gasteiger partial charge in [-0.05, 0) is 13.3 Å². The minimum atomic E-state index is -0.428. The van der Waals surface area contributed by atoms with Crippen molar-refractivity contribution in [2.45, 2.75) is 19.4 Å². The molecule has 4 N–H and O–H groups in total. The molecule has 0 heterocycles. The van der Waals surface area contributed by atoms with Gasteiger partial charge in [-0.25, -0.2) is 4.39 Å². The lowest BCUT2D eigenvalue weighted by molar-refractivity contribution is 0.282. The third-order valence-electron chi connectivity index (χ3n) is 2.28. The second-order valence-corrected chi connectivity index (χ2v) is 3.63. The van der Waals surface area contributed by atoms with E-state index in [1.54, 1.807) is 0 Å². The fraction of sp³-hybridized carbons (Fsp3) is 0.455. The number of ether oxygens (including phenoxy) is 1. The van der Waals surface area contributed by atoms with Crippen LogP contribution in [0.3, 0.4) is 0 Å². The predicted molar refractivity (Wildman–Crippen MR) is 62.2 cm³/mol. The first-order valence-electron chi connectivity index (χ1n) is 5.09. The van der Waals surface area contributed by atoms with E-state index >= 15 is 0 Å². The maximum atomic E-state index is 13.5. The van der Waals surface area contributed by atoms with Crippen LogP contribution in [0, 0.1) is 5.82 Å². The first-order valence-corrected chi connectivity index (χ1v) is 5.09. The molecule has 0 aliphatic carbocycles. The van der Waals surface area contributed by atoms with E-state index in [1.165, 1.54) is 19.2 Å². The van der Waals surface area contributed by atoms with Crippen LogP contribution in [-0.4, -0.2) is 24.9 Å². The molecule has 5 heteroatoms. The van der Waals surface area contributed by atoms with Gasteiger partial charge in [-0.1, -0.05) is 0 Å². The average molecular weight is 228 g/mol. The molecule has 4 nitrogen and oxygen atoms in total. The molecule has 90 valence electrons. The van der Waals surface area contributed by atoms with Crippen LogP contribution in [0.5, 0.6) is 5.75 Å². The highest BCUT2D eigenvalue weighted by atomic mass is 19.1. The summed E-state index contributed by atoms with van der Waals surface area (Å²) in [4.78, 5) is 0. The summed E-state index contributed by atoms with van der Waals surface area (Å²) in [7, 11) is 1.48. The minimum Gasteiger partial charge on any atom is -0.495 e. The fourth-order valence-corrected chi connectivity index (χ4v) is 1.39. The quantitative estimate of drug-likeness (QED) is 0.670. The Balaban J connectivity index is 2.87. The van der Waals surface area contributed by atoms with Crippen molar-refractivity contribution in [2.75, 3.05) is 24.8 Å². The monoisotopic (exact) mass is 228 g/mol. The second-order valence-electron chi connectivity index (χ2n) is 3.63. The van der Waals surface area contributed by atoms with E-state index in [0.717, 1.165) is 0 Å². The Morgan fingerprint density at radius 3 is 2.81 bits per heavy atom. The van der Waals surface area contributed by atoms with E-state index in [9.17, 15) is 4.39 Å². The van der Waals surface area contributed by atoms with Crippen LogP contribution < -0.4 is 15.8 Å². The molecule has 0 fully saturated rings. The van der Waals surface area contributed by atoms with Crippen LogP contribution in [-0.2, 0) is 0 Å². The van der Waals surface area contributed by atoms with Crippen molar-refractivity contribution >= 4 is 11.4 Å². The van der Waals surface area contributed by atoms with Gasteiger partial charge in [0.2, 0.25) is 0 Å². The maximum absolute atomic E-state index is 13.5. The summed E-state index contributed by atoms with van der Waals surface area (Å²) in [5, 5.41) is 11.7. The molecule has 0 aromatic heterocycles. The van der Waals surface area contributed by atoms with Crippen LogP contribution >= 0.6 is 0 Å². The number of methoxy groups -OCH3 is 1. The minimum absolute atomic E-state index is 0.0205. The zero-order valence-electron chi connectivity index (χ0n) is 9.46. The lowest BCUT2D eigenvalue weighted by Gasteiger charge is -2.16. The molecule has 0 radical (unpaired) electrons. The summed E-state index contributed by atoms with van der Waals surface area (Å²) in [6, 6.07) is 2.71. The first-order chi connectivity index (χ1) is 7.58. The molecular formula is C11H17FN2O2. The highest BCUT2D eigenvalue weighted by Gasteiger charge is 2.10. The zero-order chi connectivity index (χ0) is 12.1. The molecule has 1 unspecified atom stereocenters. The number of hydrogen-bond donors (Lipinski definition) is 3. The molecule has 0 spiro atoms. The van der Waals surface area contributed by atoms with E-state index in [4.69, 9.17) is 15.6 Å². The number of halogens is 1. The Hall–Kier alpha value is -1.49.